The topological polar surface area (TPSA) is 119 Å². The van der Waals surface area contributed by atoms with Gasteiger partial charge in [0.1, 0.15) is 0 Å². The monoisotopic (exact) mass is 385 g/mol. The molecule has 27 heavy (non-hydrogen) atoms. The number of morpholine rings is 1. The summed E-state index contributed by atoms with van der Waals surface area (Å²) in [7, 11) is 0. The van der Waals surface area contributed by atoms with Crippen molar-refractivity contribution in [3.05, 3.63) is 23.8 Å². The van der Waals surface area contributed by atoms with Crippen LogP contribution in [-0.2, 0) is 9.53 Å². The molecule has 0 aliphatic carbocycles. The van der Waals surface area contributed by atoms with E-state index in [1.54, 1.807) is 23.7 Å². The lowest BCUT2D eigenvalue weighted by molar-refractivity contribution is -0.119. The van der Waals surface area contributed by atoms with E-state index in [9.17, 15) is 4.79 Å². The van der Waals surface area contributed by atoms with Crippen LogP contribution < -0.4 is 16.0 Å². The average molecular weight is 385 g/mol. The number of rotatable bonds is 4. The Bertz CT molecular complexity index is 960. The van der Waals surface area contributed by atoms with Gasteiger partial charge in [0.05, 0.1) is 28.5 Å². The molecule has 3 N–H and O–H groups in total. The Balaban J connectivity index is 1.67. The van der Waals surface area contributed by atoms with Gasteiger partial charge in [0.15, 0.2) is 11.6 Å². The van der Waals surface area contributed by atoms with E-state index in [1.807, 2.05) is 11.4 Å². The largest absolute Gasteiger partial charge is 0.373 e. The van der Waals surface area contributed by atoms with E-state index >= 15 is 0 Å². The van der Waals surface area contributed by atoms with Crippen LogP contribution in [0.2, 0.25) is 0 Å². The first-order chi connectivity index (χ1) is 13.1. The molecule has 4 heterocycles. The molecule has 0 bridgehead atoms. The summed E-state index contributed by atoms with van der Waals surface area (Å²) in [5.41, 5.74) is 7.16. The molecule has 1 amide bonds. The van der Waals surface area contributed by atoms with Gasteiger partial charge in [0, 0.05) is 39.0 Å². The third-order valence-corrected chi connectivity index (χ3v) is 5.13. The van der Waals surface area contributed by atoms with E-state index in [0.29, 0.717) is 31.1 Å². The van der Waals surface area contributed by atoms with Gasteiger partial charge in [-0.3, -0.25) is 4.79 Å². The smallest absolute Gasteiger partial charge is 0.219 e. The minimum Gasteiger partial charge on any atom is -0.373 e. The fourth-order valence-electron chi connectivity index (χ4n) is 2.94. The Kier molecular flexibility index (Phi) is 4.82. The van der Waals surface area contributed by atoms with Crippen molar-refractivity contribution in [2.24, 2.45) is 0 Å². The quantitative estimate of drug-likeness (QED) is 0.684. The van der Waals surface area contributed by atoms with Gasteiger partial charge < -0.3 is 20.7 Å². The van der Waals surface area contributed by atoms with E-state index in [-0.39, 0.29) is 18.0 Å². The van der Waals surface area contributed by atoms with E-state index in [1.165, 1.54) is 6.92 Å². The Morgan fingerprint density at radius 3 is 3.00 bits per heavy atom. The third kappa shape index (κ3) is 3.81. The zero-order valence-electron chi connectivity index (χ0n) is 14.8. The second-order valence-electron chi connectivity index (χ2n) is 6.21. The molecule has 0 spiro atoms. The number of carbonyl (C=O) groups is 1. The van der Waals surface area contributed by atoms with Crippen LogP contribution in [0.15, 0.2) is 23.8 Å². The van der Waals surface area contributed by atoms with Gasteiger partial charge in [-0.25, -0.2) is 19.9 Å². The molecular weight excluding hydrogens is 366 g/mol. The van der Waals surface area contributed by atoms with Crippen molar-refractivity contribution in [2.75, 3.05) is 36.9 Å². The van der Waals surface area contributed by atoms with Crippen molar-refractivity contribution in [1.82, 2.24) is 25.3 Å². The van der Waals surface area contributed by atoms with Crippen molar-refractivity contribution >= 4 is 39.2 Å². The maximum absolute atomic E-state index is 11.2. The van der Waals surface area contributed by atoms with Crippen LogP contribution in [0.1, 0.15) is 6.92 Å². The van der Waals surface area contributed by atoms with Crippen molar-refractivity contribution < 1.29 is 9.53 Å². The Morgan fingerprint density at radius 2 is 2.22 bits per heavy atom. The fraction of sp³-hybridized carbons (Fsp3) is 0.353. The highest BCUT2D eigenvalue weighted by atomic mass is 32.1. The van der Waals surface area contributed by atoms with Gasteiger partial charge in [-0.15, -0.1) is 11.3 Å². The van der Waals surface area contributed by atoms with E-state index in [0.717, 1.165) is 22.6 Å². The predicted octanol–water partition coefficient (Wildman–Crippen LogP) is 1.07. The van der Waals surface area contributed by atoms with Crippen LogP contribution in [0, 0.1) is 0 Å². The minimum atomic E-state index is -0.0871. The van der Waals surface area contributed by atoms with Crippen molar-refractivity contribution in [1.29, 1.82) is 0 Å². The van der Waals surface area contributed by atoms with Gasteiger partial charge in [-0.05, 0) is 11.4 Å². The summed E-state index contributed by atoms with van der Waals surface area (Å²) < 4.78 is 6.79. The van der Waals surface area contributed by atoms with Crippen molar-refractivity contribution in [3.63, 3.8) is 0 Å². The number of nitrogen functional groups attached to an aromatic ring is 1. The Hall–Kier alpha value is -2.85. The number of amides is 1. The lowest BCUT2D eigenvalue weighted by atomic mass is 10.2. The summed E-state index contributed by atoms with van der Waals surface area (Å²) in [5, 5.41) is 4.81. The molecule has 4 rings (SSSR count). The number of nitrogens with two attached hydrogens (primary N) is 1. The summed E-state index contributed by atoms with van der Waals surface area (Å²) in [5.74, 6) is 1.56. The van der Waals surface area contributed by atoms with Crippen LogP contribution in [0.5, 0.6) is 0 Å². The molecule has 140 valence electrons. The van der Waals surface area contributed by atoms with E-state index < -0.39 is 0 Å². The fourth-order valence-corrected chi connectivity index (χ4v) is 3.79. The maximum Gasteiger partial charge on any atom is 0.219 e. The number of aromatic nitrogens is 4. The SMILES string of the molecule is CC(=O)NCC1CN(c2nc(-c3cnc(N)nc3)nc3ccsc23)CCO1. The summed E-state index contributed by atoms with van der Waals surface area (Å²) >= 11 is 1.60. The predicted molar refractivity (Wildman–Crippen MR) is 103 cm³/mol. The summed E-state index contributed by atoms with van der Waals surface area (Å²) in [4.78, 5) is 30.9. The van der Waals surface area contributed by atoms with Gasteiger partial charge in [-0.1, -0.05) is 0 Å². The Labute approximate surface area is 159 Å². The highest BCUT2D eigenvalue weighted by molar-refractivity contribution is 7.17. The number of fused-ring (bicyclic) bond motifs is 1. The molecule has 1 fully saturated rings. The van der Waals surface area contributed by atoms with Crippen molar-refractivity contribution in [3.8, 4) is 11.4 Å². The average Bonchev–Trinajstić information content (AvgIpc) is 3.15. The number of nitrogens with one attached hydrogen (secondary N) is 1. The summed E-state index contributed by atoms with van der Waals surface area (Å²) in [6.07, 6.45) is 3.16. The number of nitrogens with zero attached hydrogens (tertiary/aromatic N) is 5. The zero-order valence-corrected chi connectivity index (χ0v) is 15.6. The third-order valence-electron chi connectivity index (χ3n) is 4.23. The molecular formula is C17H19N7O2S. The van der Waals surface area contributed by atoms with E-state index in [4.69, 9.17) is 15.5 Å². The summed E-state index contributed by atoms with van der Waals surface area (Å²) in [6, 6.07) is 1.97. The van der Waals surface area contributed by atoms with Gasteiger partial charge in [0.25, 0.3) is 0 Å². The number of ether oxygens (including phenoxy) is 1. The van der Waals surface area contributed by atoms with Gasteiger partial charge in [-0.2, -0.15) is 0 Å². The molecule has 9 nitrogen and oxygen atoms in total. The lowest BCUT2D eigenvalue weighted by Gasteiger charge is -2.34. The van der Waals surface area contributed by atoms with Crippen LogP contribution in [0.25, 0.3) is 21.6 Å². The summed E-state index contributed by atoms with van der Waals surface area (Å²) in [6.45, 7) is 3.91. The highest BCUT2D eigenvalue weighted by Crippen LogP contribution is 2.32. The zero-order chi connectivity index (χ0) is 18.8. The molecule has 0 aromatic carbocycles. The minimum absolute atomic E-state index is 0.0657. The molecule has 1 aliphatic heterocycles. The normalized spacial score (nSPS) is 17.2. The van der Waals surface area contributed by atoms with Crippen LogP contribution >= 0.6 is 11.3 Å². The van der Waals surface area contributed by atoms with Crippen LogP contribution in [0.4, 0.5) is 11.8 Å². The number of hydrogen-bond acceptors (Lipinski definition) is 9. The lowest BCUT2D eigenvalue weighted by Crippen LogP contribution is -2.47. The number of thiophene rings is 1. The number of carbonyl (C=O) groups excluding carboxylic acids is 1. The molecule has 1 atom stereocenters. The van der Waals surface area contributed by atoms with Crippen LogP contribution in [0.3, 0.4) is 0 Å². The first-order valence-corrected chi connectivity index (χ1v) is 9.42. The maximum atomic E-state index is 11.2. The second kappa shape index (κ2) is 7.41. The van der Waals surface area contributed by atoms with Crippen LogP contribution in [-0.4, -0.2) is 58.2 Å². The Morgan fingerprint density at radius 1 is 1.41 bits per heavy atom. The van der Waals surface area contributed by atoms with Gasteiger partial charge >= 0.3 is 0 Å². The van der Waals surface area contributed by atoms with Crippen molar-refractivity contribution in [2.45, 2.75) is 13.0 Å². The molecule has 1 aliphatic rings. The number of anilines is 2. The molecule has 10 heteroatoms. The standard InChI is InChI=1S/C17H19N7O2S/c1-10(25)19-8-12-9-24(3-4-26-12)16-14-13(2-5-27-14)22-15(23-16)11-6-20-17(18)21-7-11/h2,5-7,12H,3-4,8-9H2,1H3,(H,19,25)(H2,18,20,21). The first-order valence-electron chi connectivity index (χ1n) is 8.54. The highest BCUT2D eigenvalue weighted by Gasteiger charge is 2.24. The molecule has 1 saturated heterocycles. The molecule has 0 radical (unpaired) electrons. The second-order valence-corrected chi connectivity index (χ2v) is 7.13. The van der Waals surface area contributed by atoms with E-state index in [2.05, 4.69) is 25.2 Å². The molecule has 1 unspecified atom stereocenters. The first kappa shape index (κ1) is 17.6. The van der Waals surface area contributed by atoms with Gasteiger partial charge in [0.2, 0.25) is 11.9 Å². The molecule has 0 saturated carbocycles. The molecule has 3 aromatic heterocycles. The molecule has 3 aromatic rings. The number of hydrogen-bond donors (Lipinski definition) is 2.